The van der Waals surface area contributed by atoms with Crippen LogP contribution in [0.25, 0.3) is 0 Å². The Morgan fingerprint density at radius 1 is 1.05 bits per heavy atom. The number of nitrogens with zero attached hydrogens (tertiary/aromatic N) is 4. The lowest BCUT2D eigenvalue weighted by molar-refractivity contribution is -0.124. The average Bonchev–Trinajstić information content (AvgIpc) is 2.99. The maximum absolute atomic E-state index is 13.1. The van der Waals surface area contributed by atoms with Crippen molar-refractivity contribution in [2.45, 2.75) is 53.5 Å². The van der Waals surface area contributed by atoms with Crippen LogP contribution in [0.4, 0.5) is 17.1 Å². The first-order valence-electron chi connectivity index (χ1n) is 15.0. The molecular weight excluding hydrogens is 508 g/mol. The quantitative estimate of drug-likeness (QED) is 0.438. The van der Waals surface area contributed by atoms with Crippen molar-refractivity contribution in [2.75, 3.05) is 55.3 Å². The number of carbonyl (C=O) groups is 1. The Bertz CT molecular complexity index is 1240. The van der Waals surface area contributed by atoms with Crippen molar-refractivity contribution >= 4 is 28.8 Å². The molecule has 3 aliphatic rings. The van der Waals surface area contributed by atoms with Gasteiger partial charge >= 0.3 is 0 Å². The molecule has 41 heavy (non-hydrogen) atoms. The van der Waals surface area contributed by atoms with E-state index < -0.39 is 0 Å². The highest BCUT2D eigenvalue weighted by atomic mass is 16.2. The Kier molecular flexibility index (Phi) is 12.2. The molecule has 1 amide bonds. The molecular formula is C34H48N6O. The molecule has 0 aliphatic carbocycles. The van der Waals surface area contributed by atoms with Gasteiger partial charge < -0.3 is 20.4 Å². The monoisotopic (exact) mass is 556 g/mol. The highest BCUT2D eigenvalue weighted by molar-refractivity contribution is 6.16. The van der Waals surface area contributed by atoms with Gasteiger partial charge in [0.2, 0.25) is 0 Å². The van der Waals surface area contributed by atoms with Crippen molar-refractivity contribution in [3.05, 3.63) is 90.3 Å². The summed E-state index contributed by atoms with van der Waals surface area (Å²) in [4.78, 5) is 24.5. The maximum atomic E-state index is 13.1. The summed E-state index contributed by atoms with van der Waals surface area (Å²) < 4.78 is 0. The third-order valence-corrected chi connectivity index (χ3v) is 7.07. The van der Waals surface area contributed by atoms with Crippen LogP contribution in [-0.4, -0.2) is 67.4 Å². The van der Waals surface area contributed by atoms with Gasteiger partial charge in [0.15, 0.2) is 0 Å². The predicted octanol–water partition coefficient (Wildman–Crippen LogP) is 6.54. The lowest BCUT2D eigenvalue weighted by atomic mass is 9.96. The van der Waals surface area contributed by atoms with Crippen molar-refractivity contribution in [1.82, 2.24) is 9.80 Å². The zero-order valence-electron chi connectivity index (χ0n) is 25.8. The Hall–Kier alpha value is -3.84. The van der Waals surface area contributed by atoms with E-state index in [0.29, 0.717) is 18.2 Å². The van der Waals surface area contributed by atoms with Gasteiger partial charge in [0.1, 0.15) is 11.7 Å². The van der Waals surface area contributed by atoms with E-state index in [4.69, 9.17) is 4.99 Å². The number of piperazine rings is 1. The van der Waals surface area contributed by atoms with Crippen molar-refractivity contribution in [2.24, 2.45) is 4.99 Å². The van der Waals surface area contributed by atoms with Crippen LogP contribution in [0.1, 0.15) is 46.6 Å². The molecule has 5 rings (SSSR count). The highest BCUT2D eigenvalue weighted by Gasteiger charge is 2.33. The zero-order valence-corrected chi connectivity index (χ0v) is 25.8. The highest BCUT2D eigenvalue weighted by Crippen LogP contribution is 2.27. The summed E-state index contributed by atoms with van der Waals surface area (Å²) in [5, 5.41) is 6.79. The fourth-order valence-corrected chi connectivity index (χ4v) is 5.01. The summed E-state index contributed by atoms with van der Waals surface area (Å²) in [5.74, 6) is 1.06. The molecule has 220 valence electrons. The van der Waals surface area contributed by atoms with E-state index in [1.54, 1.807) is 6.08 Å². The number of likely N-dealkylation sites (N-methyl/N-ethyl adjacent to an activating group) is 1. The number of aliphatic imine (C=N–C) groups is 1. The number of carbonyl (C=O) groups excluding carboxylic acids is 1. The van der Waals surface area contributed by atoms with Crippen LogP contribution in [0.15, 0.2) is 89.7 Å². The van der Waals surface area contributed by atoms with E-state index in [1.807, 2.05) is 50.0 Å². The third-order valence-electron chi connectivity index (χ3n) is 7.07. The molecule has 0 saturated carbocycles. The van der Waals surface area contributed by atoms with Gasteiger partial charge in [-0.1, -0.05) is 65.0 Å². The molecule has 7 heteroatoms. The van der Waals surface area contributed by atoms with Crippen LogP contribution >= 0.6 is 0 Å². The van der Waals surface area contributed by atoms with Gasteiger partial charge in [-0.05, 0) is 62.4 Å². The minimum atomic E-state index is -0.0603. The molecule has 0 spiro atoms. The normalized spacial score (nSPS) is 20.3. The van der Waals surface area contributed by atoms with Crippen LogP contribution < -0.4 is 15.5 Å². The lowest BCUT2D eigenvalue weighted by Gasteiger charge is -2.37. The SMILES string of the molecule is C=C(/N=C1\C(=C/C)C=CC(=O)N1C1CNc2ccccc2C1)Nc1ccc(N2CCN(C)CC2)cc1.CC.CCC. The van der Waals surface area contributed by atoms with Crippen molar-refractivity contribution in [1.29, 1.82) is 0 Å². The first-order chi connectivity index (χ1) is 19.9. The first kappa shape index (κ1) is 31.7. The second-order valence-electron chi connectivity index (χ2n) is 10.2. The van der Waals surface area contributed by atoms with Crippen LogP contribution in [0, 0.1) is 0 Å². The average molecular weight is 557 g/mol. The summed E-state index contributed by atoms with van der Waals surface area (Å²) in [5.41, 5.74) is 5.38. The summed E-state index contributed by atoms with van der Waals surface area (Å²) in [6, 6.07) is 16.6. The number of para-hydroxylation sites is 1. The largest absolute Gasteiger partial charge is 0.383 e. The molecule has 3 aliphatic heterocycles. The predicted molar refractivity (Wildman–Crippen MR) is 176 cm³/mol. The van der Waals surface area contributed by atoms with Crippen molar-refractivity contribution in [3.8, 4) is 0 Å². The number of allylic oxidation sites excluding steroid dienone is 1. The Balaban J connectivity index is 0.000000868. The van der Waals surface area contributed by atoms with Crippen LogP contribution in [0.3, 0.4) is 0 Å². The topological polar surface area (TPSA) is 63.2 Å². The van der Waals surface area contributed by atoms with Crippen LogP contribution in [0.2, 0.25) is 0 Å². The van der Waals surface area contributed by atoms with E-state index in [1.165, 1.54) is 17.7 Å². The van der Waals surface area contributed by atoms with Gasteiger partial charge in [0, 0.05) is 61.4 Å². The van der Waals surface area contributed by atoms with E-state index in [0.717, 1.165) is 49.5 Å². The van der Waals surface area contributed by atoms with Crippen molar-refractivity contribution < 1.29 is 4.79 Å². The summed E-state index contributed by atoms with van der Waals surface area (Å²) in [7, 11) is 2.16. The third kappa shape index (κ3) is 8.33. The van der Waals surface area contributed by atoms with Crippen LogP contribution in [0.5, 0.6) is 0 Å². The second kappa shape index (κ2) is 15.8. The molecule has 0 bridgehead atoms. The van der Waals surface area contributed by atoms with Gasteiger partial charge in [-0.15, -0.1) is 0 Å². The first-order valence-corrected chi connectivity index (χ1v) is 15.0. The summed E-state index contributed by atoms with van der Waals surface area (Å²) >= 11 is 0. The number of hydrogen-bond donors (Lipinski definition) is 2. The standard InChI is InChI=1S/C29H34N6O.C3H8.C2H6/c1-4-22-9-14-28(36)35(26-19-23-7-5-6-8-27(23)30-20-26)29(22)32-21(2)31-24-10-12-25(13-11-24)34-17-15-33(3)16-18-34;1-3-2;1-2/h4-14,26,30-31H,2,15-20H2,1,3H3;3H2,1-2H3;1-2H3/b22-4-,32-29+;;. The van der Waals surface area contributed by atoms with Gasteiger partial charge in [-0.25, -0.2) is 4.99 Å². The van der Waals surface area contributed by atoms with Gasteiger partial charge in [-0.2, -0.15) is 0 Å². The number of hydrogen-bond acceptors (Lipinski definition) is 6. The van der Waals surface area contributed by atoms with E-state index in [-0.39, 0.29) is 11.9 Å². The van der Waals surface area contributed by atoms with Crippen molar-refractivity contribution in [3.63, 3.8) is 0 Å². The number of amides is 1. The zero-order chi connectivity index (χ0) is 29.8. The van der Waals surface area contributed by atoms with Crippen LogP contribution in [-0.2, 0) is 11.2 Å². The number of fused-ring (bicyclic) bond motifs is 1. The Morgan fingerprint density at radius 2 is 1.71 bits per heavy atom. The fourth-order valence-electron chi connectivity index (χ4n) is 5.01. The number of amidine groups is 1. The second-order valence-corrected chi connectivity index (χ2v) is 10.2. The van der Waals surface area contributed by atoms with E-state index >= 15 is 0 Å². The molecule has 2 aromatic rings. The number of rotatable bonds is 5. The summed E-state index contributed by atoms with van der Waals surface area (Å²) in [6.07, 6.45) is 7.46. The minimum absolute atomic E-state index is 0.0401. The number of benzene rings is 2. The Morgan fingerprint density at radius 3 is 2.37 bits per heavy atom. The molecule has 7 nitrogen and oxygen atoms in total. The smallest absolute Gasteiger partial charge is 0.252 e. The molecule has 1 unspecified atom stereocenters. The Labute approximate surface area is 247 Å². The minimum Gasteiger partial charge on any atom is -0.383 e. The number of nitrogens with one attached hydrogen (secondary N) is 2. The van der Waals surface area contributed by atoms with E-state index in [2.05, 4.69) is 84.3 Å². The van der Waals surface area contributed by atoms with E-state index in [9.17, 15) is 4.79 Å². The molecule has 2 N–H and O–H groups in total. The van der Waals surface area contributed by atoms with Gasteiger partial charge in [0.25, 0.3) is 5.91 Å². The molecule has 1 fully saturated rings. The van der Waals surface area contributed by atoms with Gasteiger partial charge in [-0.3, -0.25) is 9.69 Å². The van der Waals surface area contributed by atoms with Gasteiger partial charge in [0.05, 0.1) is 6.04 Å². The lowest BCUT2D eigenvalue weighted by Crippen LogP contribution is -2.51. The molecule has 3 heterocycles. The molecule has 2 aromatic carbocycles. The number of anilines is 3. The molecule has 0 aromatic heterocycles. The maximum Gasteiger partial charge on any atom is 0.252 e. The molecule has 1 saturated heterocycles. The molecule has 1 atom stereocenters. The fraction of sp³-hybridized carbons (Fsp3) is 0.412. The summed E-state index contributed by atoms with van der Waals surface area (Å²) in [6.45, 7) is 19.3. The molecule has 0 radical (unpaired) electrons.